The highest BCUT2D eigenvalue weighted by Gasteiger charge is 2.22. The van der Waals surface area contributed by atoms with Crippen LogP contribution in [0.5, 0.6) is 0 Å². The molecule has 1 atom stereocenters. The molecule has 0 fully saturated rings. The average Bonchev–Trinajstić information content (AvgIpc) is 2.66. The summed E-state index contributed by atoms with van der Waals surface area (Å²) in [5.41, 5.74) is 9.33. The standard InChI is InChI=1S/C23H26N2O2/c1-23(2,3)19-11-9-17(10-12-19)22(27)25-24-20-13-18(14-21(26)15-20)16-7-5-4-6-8-16/h4-12,15,18,24H,13-14H2,1-3H3,(H,25,27)/t18-/m1/s1. The SMILES string of the molecule is CC(C)(C)c1ccc(C(=O)NNC2=CC(=O)C[C@H](c3ccccc3)C2)cc1. The maximum absolute atomic E-state index is 12.4. The summed E-state index contributed by atoms with van der Waals surface area (Å²) in [5.74, 6) is -0.0128. The molecule has 3 rings (SSSR count). The van der Waals surface area contributed by atoms with Gasteiger partial charge in [0.1, 0.15) is 0 Å². The van der Waals surface area contributed by atoms with E-state index in [9.17, 15) is 9.59 Å². The zero-order valence-electron chi connectivity index (χ0n) is 16.1. The Bertz CT molecular complexity index is 846. The lowest BCUT2D eigenvalue weighted by Gasteiger charge is -2.23. The van der Waals surface area contributed by atoms with Gasteiger partial charge in [0.25, 0.3) is 5.91 Å². The van der Waals surface area contributed by atoms with E-state index in [1.807, 2.05) is 54.6 Å². The van der Waals surface area contributed by atoms with Gasteiger partial charge < -0.3 is 5.43 Å². The van der Waals surface area contributed by atoms with Crippen molar-refractivity contribution >= 4 is 11.7 Å². The third-order valence-corrected chi connectivity index (χ3v) is 4.87. The summed E-state index contributed by atoms with van der Waals surface area (Å²) in [7, 11) is 0. The van der Waals surface area contributed by atoms with E-state index in [0.29, 0.717) is 18.4 Å². The van der Waals surface area contributed by atoms with Crippen LogP contribution in [0.25, 0.3) is 0 Å². The Labute approximate surface area is 160 Å². The second kappa shape index (κ2) is 7.78. The number of hydrogen-bond donors (Lipinski definition) is 2. The van der Waals surface area contributed by atoms with Crippen molar-refractivity contribution in [3.05, 3.63) is 83.1 Å². The fraction of sp³-hybridized carbons (Fsp3) is 0.304. The normalized spacial score (nSPS) is 17.2. The first-order valence-electron chi connectivity index (χ1n) is 9.28. The Morgan fingerprint density at radius 1 is 0.963 bits per heavy atom. The van der Waals surface area contributed by atoms with Crippen LogP contribution in [-0.4, -0.2) is 11.7 Å². The third kappa shape index (κ3) is 4.85. The molecular weight excluding hydrogens is 336 g/mol. The highest BCUT2D eigenvalue weighted by atomic mass is 16.2. The number of ketones is 1. The molecular formula is C23H26N2O2. The molecule has 1 aliphatic carbocycles. The molecule has 0 radical (unpaired) electrons. The highest BCUT2D eigenvalue weighted by Crippen LogP contribution is 2.30. The molecule has 0 heterocycles. The summed E-state index contributed by atoms with van der Waals surface area (Å²) in [6, 6.07) is 17.6. The van der Waals surface area contributed by atoms with E-state index in [2.05, 4.69) is 31.6 Å². The van der Waals surface area contributed by atoms with Gasteiger partial charge in [-0.15, -0.1) is 0 Å². The van der Waals surface area contributed by atoms with Crippen molar-refractivity contribution in [2.75, 3.05) is 0 Å². The number of nitrogens with one attached hydrogen (secondary N) is 2. The lowest BCUT2D eigenvalue weighted by molar-refractivity contribution is -0.115. The van der Waals surface area contributed by atoms with Crippen LogP contribution >= 0.6 is 0 Å². The number of hydrogen-bond acceptors (Lipinski definition) is 3. The molecule has 0 aromatic heterocycles. The van der Waals surface area contributed by atoms with Crippen molar-refractivity contribution in [2.45, 2.75) is 44.9 Å². The zero-order valence-corrected chi connectivity index (χ0v) is 16.1. The van der Waals surface area contributed by atoms with Crippen molar-refractivity contribution in [2.24, 2.45) is 0 Å². The van der Waals surface area contributed by atoms with Gasteiger partial charge in [-0.25, -0.2) is 0 Å². The number of carbonyl (C=O) groups excluding carboxylic acids is 2. The number of hydrazine groups is 1. The molecule has 4 nitrogen and oxygen atoms in total. The molecule has 0 bridgehead atoms. The van der Waals surface area contributed by atoms with Gasteiger partial charge in [-0.05, 0) is 41.0 Å². The number of rotatable bonds is 4. The first kappa shape index (κ1) is 18.9. The summed E-state index contributed by atoms with van der Waals surface area (Å²) in [6.07, 6.45) is 2.78. The van der Waals surface area contributed by atoms with E-state index in [-0.39, 0.29) is 23.0 Å². The molecule has 0 saturated heterocycles. The first-order valence-corrected chi connectivity index (χ1v) is 9.28. The van der Waals surface area contributed by atoms with E-state index < -0.39 is 0 Å². The Morgan fingerprint density at radius 3 is 2.26 bits per heavy atom. The Morgan fingerprint density at radius 2 is 1.63 bits per heavy atom. The summed E-state index contributed by atoms with van der Waals surface area (Å²) in [5, 5.41) is 0. The molecule has 2 aromatic carbocycles. The first-order chi connectivity index (χ1) is 12.8. The van der Waals surface area contributed by atoms with Gasteiger partial charge in [-0.3, -0.25) is 15.0 Å². The molecule has 2 N–H and O–H groups in total. The number of allylic oxidation sites excluding steroid dienone is 2. The van der Waals surface area contributed by atoms with Gasteiger partial charge in [0.2, 0.25) is 0 Å². The second-order valence-corrected chi connectivity index (χ2v) is 8.06. The molecule has 140 valence electrons. The minimum atomic E-state index is -0.217. The highest BCUT2D eigenvalue weighted by molar-refractivity contribution is 5.94. The quantitative estimate of drug-likeness (QED) is 0.800. The van der Waals surface area contributed by atoms with E-state index >= 15 is 0 Å². The molecule has 1 amide bonds. The summed E-state index contributed by atoms with van der Waals surface area (Å²) >= 11 is 0. The van der Waals surface area contributed by atoms with Gasteiger partial charge in [-0.1, -0.05) is 63.2 Å². The maximum Gasteiger partial charge on any atom is 0.269 e. The number of amides is 1. The van der Waals surface area contributed by atoms with E-state index in [4.69, 9.17) is 0 Å². The molecule has 0 spiro atoms. The monoisotopic (exact) mass is 362 g/mol. The molecule has 0 unspecified atom stereocenters. The largest absolute Gasteiger partial charge is 0.302 e. The van der Waals surface area contributed by atoms with Gasteiger partial charge in [-0.2, -0.15) is 0 Å². The number of benzene rings is 2. The molecule has 1 aliphatic rings. The Kier molecular flexibility index (Phi) is 5.45. The van der Waals surface area contributed by atoms with Crippen LogP contribution in [0.4, 0.5) is 0 Å². The van der Waals surface area contributed by atoms with Gasteiger partial charge in [0, 0.05) is 23.8 Å². The Balaban J connectivity index is 1.62. The smallest absolute Gasteiger partial charge is 0.269 e. The van der Waals surface area contributed by atoms with Crippen molar-refractivity contribution in [3.63, 3.8) is 0 Å². The van der Waals surface area contributed by atoms with Crippen LogP contribution < -0.4 is 10.9 Å². The minimum Gasteiger partial charge on any atom is -0.302 e. The maximum atomic E-state index is 12.4. The average molecular weight is 362 g/mol. The van der Waals surface area contributed by atoms with Gasteiger partial charge >= 0.3 is 0 Å². The summed E-state index contributed by atoms with van der Waals surface area (Å²) in [6.45, 7) is 6.41. The molecule has 4 heteroatoms. The molecule has 27 heavy (non-hydrogen) atoms. The third-order valence-electron chi connectivity index (χ3n) is 4.87. The minimum absolute atomic E-state index is 0.0486. The van der Waals surface area contributed by atoms with Crippen LogP contribution in [-0.2, 0) is 10.2 Å². The van der Waals surface area contributed by atoms with Crippen LogP contribution in [0.1, 0.15) is 61.0 Å². The summed E-state index contributed by atoms with van der Waals surface area (Å²) < 4.78 is 0. The Hall–Kier alpha value is -2.88. The van der Waals surface area contributed by atoms with E-state index in [1.54, 1.807) is 6.08 Å². The summed E-state index contributed by atoms with van der Waals surface area (Å²) in [4.78, 5) is 24.5. The van der Waals surface area contributed by atoms with E-state index in [1.165, 1.54) is 5.56 Å². The lowest BCUT2D eigenvalue weighted by Crippen LogP contribution is -2.38. The fourth-order valence-electron chi connectivity index (χ4n) is 3.27. The van der Waals surface area contributed by atoms with Crippen molar-refractivity contribution in [1.29, 1.82) is 0 Å². The van der Waals surface area contributed by atoms with Crippen molar-refractivity contribution in [1.82, 2.24) is 10.9 Å². The van der Waals surface area contributed by atoms with Crippen LogP contribution in [0, 0.1) is 0 Å². The molecule has 0 saturated carbocycles. The van der Waals surface area contributed by atoms with Crippen molar-refractivity contribution < 1.29 is 9.59 Å². The van der Waals surface area contributed by atoms with Gasteiger partial charge in [0.15, 0.2) is 5.78 Å². The molecule has 2 aromatic rings. The molecule has 0 aliphatic heterocycles. The second-order valence-electron chi connectivity index (χ2n) is 8.06. The van der Waals surface area contributed by atoms with Crippen LogP contribution in [0.2, 0.25) is 0 Å². The topological polar surface area (TPSA) is 58.2 Å². The van der Waals surface area contributed by atoms with E-state index in [0.717, 1.165) is 11.3 Å². The lowest BCUT2D eigenvalue weighted by atomic mass is 9.86. The predicted molar refractivity (Wildman–Crippen MR) is 107 cm³/mol. The van der Waals surface area contributed by atoms with Crippen LogP contribution in [0.3, 0.4) is 0 Å². The number of carbonyl (C=O) groups is 2. The van der Waals surface area contributed by atoms with Crippen LogP contribution in [0.15, 0.2) is 66.4 Å². The predicted octanol–water partition coefficient (Wildman–Crippen LogP) is 4.25. The fourth-order valence-corrected chi connectivity index (χ4v) is 3.27. The zero-order chi connectivity index (χ0) is 19.4. The van der Waals surface area contributed by atoms with Gasteiger partial charge in [0.05, 0.1) is 0 Å². The van der Waals surface area contributed by atoms with Crippen molar-refractivity contribution in [3.8, 4) is 0 Å².